The van der Waals surface area contributed by atoms with Gasteiger partial charge in [0.15, 0.2) is 0 Å². The monoisotopic (exact) mass is 296 g/mol. The van der Waals surface area contributed by atoms with Crippen LogP contribution in [0.3, 0.4) is 0 Å². The molecule has 0 unspecified atom stereocenters. The van der Waals surface area contributed by atoms with Crippen LogP contribution >= 0.6 is 0 Å². The topological polar surface area (TPSA) is 34.1 Å². The Morgan fingerprint density at radius 1 is 0.952 bits per heavy atom. The molecule has 8 rings (SSSR count). The summed E-state index contributed by atoms with van der Waals surface area (Å²) < 4.78 is 26.1. The van der Waals surface area contributed by atoms with Crippen LogP contribution in [0.25, 0.3) is 0 Å². The number of hydrogen-bond donors (Lipinski definition) is 0. The van der Waals surface area contributed by atoms with Crippen molar-refractivity contribution in [3.63, 3.8) is 0 Å². The van der Waals surface area contributed by atoms with Crippen LogP contribution in [0.5, 0.6) is 0 Å². The first-order valence-electron chi connectivity index (χ1n) is 8.18. The molecule has 0 saturated heterocycles. The molecule has 4 bridgehead atoms. The van der Waals surface area contributed by atoms with Crippen LogP contribution in [0.1, 0.15) is 12.8 Å². The summed E-state index contributed by atoms with van der Waals surface area (Å²) in [5.74, 6) is 4.78. The van der Waals surface area contributed by atoms with Crippen molar-refractivity contribution in [2.24, 2.45) is 46.3 Å². The zero-order valence-corrected chi connectivity index (χ0v) is 12.4. The molecule has 7 aliphatic rings. The van der Waals surface area contributed by atoms with E-state index in [1.165, 1.54) is 6.42 Å². The first-order chi connectivity index (χ1) is 10.2. The molecule has 0 aliphatic heterocycles. The lowest BCUT2D eigenvalue weighted by atomic mass is 9.66. The summed E-state index contributed by atoms with van der Waals surface area (Å²) in [6.45, 7) is 0. The number of sulfone groups is 1. The van der Waals surface area contributed by atoms with Crippen LogP contribution in [-0.2, 0) is 9.84 Å². The maximum absolute atomic E-state index is 13.0. The number of fused-ring (bicyclic) bond motifs is 2. The third-order valence-electron chi connectivity index (χ3n) is 8.38. The second-order valence-corrected chi connectivity index (χ2v) is 10.1. The van der Waals surface area contributed by atoms with Gasteiger partial charge in [0.25, 0.3) is 0 Å². The number of hydrogen-bond acceptors (Lipinski definition) is 2. The fourth-order valence-corrected chi connectivity index (χ4v) is 10.2. The van der Waals surface area contributed by atoms with Crippen molar-refractivity contribution in [3.05, 3.63) is 41.3 Å². The number of allylic oxidation sites excluding steroid dienone is 2. The van der Waals surface area contributed by atoms with Gasteiger partial charge in [0.2, 0.25) is 9.84 Å². The van der Waals surface area contributed by atoms with Crippen LogP contribution in [-0.4, -0.2) is 8.42 Å². The Balaban J connectivity index is 1.42. The molecule has 0 radical (unpaired) electrons. The second-order valence-electron chi connectivity index (χ2n) is 8.15. The van der Waals surface area contributed by atoms with Crippen molar-refractivity contribution in [2.45, 2.75) is 17.7 Å². The summed E-state index contributed by atoms with van der Waals surface area (Å²) in [5.41, 5.74) is 1.08. The van der Waals surface area contributed by atoms with Gasteiger partial charge in [0.1, 0.15) is 0 Å². The summed E-state index contributed by atoms with van der Waals surface area (Å²) >= 11 is 0. The maximum Gasteiger partial charge on any atom is 0.202 e. The van der Waals surface area contributed by atoms with E-state index in [2.05, 4.69) is 6.08 Å². The maximum atomic E-state index is 13.0. The van der Waals surface area contributed by atoms with Gasteiger partial charge < -0.3 is 0 Å². The molecule has 1 aromatic carbocycles. The molecular formula is C18H16O2S. The van der Waals surface area contributed by atoms with Gasteiger partial charge in [-0.3, -0.25) is 0 Å². The van der Waals surface area contributed by atoms with Gasteiger partial charge in [0, 0.05) is 10.8 Å². The molecule has 6 fully saturated rings. The van der Waals surface area contributed by atoms with E-state index in [-0.39, 0.29) is 0 Å². The highest BCUT2D eigenvalue weighted by molar-refractivity contribution is 7.95. The van der Waals surface area contributed by atoms with Crippen molar-refractivity contribution in [1.29, 1.82) is 0 Å². The van der Waals surface area contributed by atoms with Gasteiger partial charge >= 0.3 is 0 Å². The Morgan fingerprint density at radius 3 is 2.38 bits per heavy atom. The molecule has 106 valence electrons. The quantitative estimate of drug-likeness (QED) is 0.841. The largest absolute Gasteiger partial charge is 0.219 e. The first kappa shape index (κ1) is 10.6. The standard InChI is InChI=1S/C18H16O2S/c19-21(20,10-4-2-1-3-5-10)14-7-9-6-11(14)18-13-8-12-15(16(13)18)17(9,12)18/h1-5,7,9,11-13,15-16H,6,8H2/t9-,11-,12+,13+,15-,16-,17-,18+/m1/s1. The van der Waals surface area contributed by atoms with Crippen LogP contribution in [0, 0.1) is 46.3 Å². The average Bonchev–Trinajstić information content (AvgIpc) is 2.98. The third-order valence-corrected chi connectivity index (χ3v) is 10.3. The highest BCUT2D eigenvalue weighted by Gasteiger charge is 3.08. The zero-order valence-electron chi connectivity index (χ0n) is 11.6. The highest BCUT2D eigenvalue weighted by atomic mass is 32.2. The SMILES string of the molecule is O=S(=O)(C1=C[C@H]2C[C@H]1[C@@]13[C@H]4[C@H]5[C@H](C[C@@H]41)[C@@]523)c1ccccc1. The predicted octanol–water partition coefficient (Wildman–Crippen LogP) is 2.88. The minimum absolute atomic E-state index is 0.367. The van der Waals surface area contributed by atoms with Crippen LogP contribution in [0.15, 0.2) is 46.2 Å². The fourth-order valence-electron chi connectivity index (χ4n) is 8.36. The molecule has 6 saturated carbocycles. The van der Waals surface area contributed by atoms with E-state index in [0.717, 1.165) is 35.0 Å². The van der Waals surface area contributed by atoms with Crippen LogP contribution in [0.2, 0.25) is 0 Å². The van der Waals surface area contributed by atoms with Gasteiger partial charge in [-0.2, -0.15) is 0 Å². The number of benzene rings is 1. The number of rotatable bonds is 2. The summed E-state index contributed by atoms with van der Waals surface area (Å²) in [6, 6.07) is 9.05. The molecule has 7 aliphatic carbocycles. The minimum Gasteiger partial charge on any atom is -0.219 e. The van der Waals surface area contributed by atoms with Crippen molar-refractivity contribution < 1.29 is 8.42 Å². The Kier molecular flexibility index (Phi) is 1.28. The van der Waals surface area contributed by atoms with Gasteiger partial charge in [-0.05, 0) is 65.4 Å². The predicted molar refractivity (Wildman–Crippen MR) is 76.8 cm³/mol. The summed E-state index contributed by atoms with van der Waals surface area (Å²) in [7, 11) is -3.26. The van der Waals surface area contributed by atoms with Crippen molar-refractivity contribution in [3.8, 4) is 0 Å². The summed E-state index contributed by atoms with van der Waals surface area (Å²) in [4.78, 5) is 1.29. The minimum atomic E-state index is -3.26. The van der Waals surface area contributed by atoms with E-state index in [4.69, 9.17) is 0 Å². The van der Waals surface area contributed by atoms with Crippen molar-refractivity contribution >= 4 is 9.84 Å². The average molecular weight is 296 g/mol. The summed E-state index contributed by atoms with van der Waals surface area (Å²) in [5, 5.41) is 0. The molecule has 2 spiro atoms. The first-order valence-corrected chi connectivity index (χ1v) is 9.66. The van der Waals surface area contributed by atoms with E-state index in [9.17, 15) is 8.42 Å². The van der Waals surface area contributed by atoms with Gasteiger partial charge in [-0.1, -0.05) is 24.3 Å². The molecule has 0 heterocycles. The van der Waals surface area contributed by atoms with Gasteiger partial charge in [0.05, 0.1) is 4.90 Å². The third kappa shape index (κ3) is 0.700. The van der Waals surface area contributed by atoms with Crippen molar-refractivity contribution in [1.82, 2.24) is 0 Å². The lowest BCUT2D eigenvalue weighted by Crippen LogP contribution is -2.37. The highest BCUT2D eigenvalue weighted by Crippen LogP contribution is 3.11. The smallest absolute Gasteiger partial charge is 0.202 e. The lowest BCUT2D eigenvalue weighted by molar-refractivity contribution is 0.119. The van der Waals surface area contributed by atoms with E-state index in [1.54, 1.807) is 12.1 Å². The van der Waals surface area contributed by atoms with E-state index < -0.39 is 9.84 Å². The Bertz CT molecular complexity index is 858. The van der Waals surface area contributed by atoms with E-state index in [0.29, 0.717) is 27.6 Å². The Hall–Kier alpha value is -1.09. The van der Waals surface area contributed by atoms with Crippen molar-refractivity contribution in [2.75, 3.05) is 0 Å². The van der Waals surface area contributed by atoms with Crippen LogP contribution < -0.4 is 0 Å². The molecule has 0 amide bonds. The molecule has 1 aromatic rings. The Morgan fingerprint density at radius 2 is 1.67 bits per heavy atom. The Labute approximate surface area is 124 Å². The molecule has 0 N–H and O–H groups in total. The molecular weight excluding hydrogens is 280 g/mol. The molecule has 3 heteroatoms. The zero-order chi connectivity index (χ0) is 13.8. The molecule has 0 aromatic heterocycles. The lowest BCUT2D eigenvalue weighted by Gasteiger charge is -2.39. The molecule has 21 heavy (non-hydrogen) atoms. The molecule has 8 atom stereocenters. The van der Waals surface area contributed by atoms with E-state index >= 15 is 0 Å². The normalized spacial score (nSPS) is 59.1. The molecule has 2 nitrogen and oxygen atoms in total. The second kappa shape index (κ2) is 2.54. The van der Waals surface area contributed by atoms with Gasteiger partial charge in [-0.25, -0.2) is 8.42 Å². The summed E-state index contributed by atoms with van der Waals surface area (Å²) in [6.07, 6.45) is 4.75. The van der Waals surface area contributed by atoms with Crippen LogP contribution in [0.4, 0.5) is 0 Å². The van der Waals surface area contributed by atoms with E-state index in [1.807, 2.05) is 18.2 Å². The van der Waals surface area contributed by atoms with Gasteiger partial charge in [-0.15, -0.1) is 0 Å². The fraction of sp³-hybridized carbons (Fsp3) is 0.556.